The van der Waals surface area contributed by atoms with Crippen molar-refractivity contribution in [1.29, 1.82) is 0 Å². The molecule has 1 saturated heterocycles. The minimum atomic E-state index is 0.379. The molecule has 1 fully saturated rings. The van der Waals surface area contributed by atoms with Crippen molar-refractivity contribution in [2.75, 3.05) is 19.8 Å². The van der Waals surface area contributed by atoms with E-state index in [1.54, 1.807) is 18.4 Å². The first-order valence-electron chi connectivity index (χ1n) is 6.01. The molecular formula is C12H15N3O3. The molecule has 1 aliphatic rings. The number of hydrogen-bond acceptors (Lipinski definition) is 6. The zero-order valence-corrected chi connectivity index (χ0v) is 10.2. The number of ether oxygens (including phenoxy) is 1. The molecule has 0 saturated carbocycles. The molecule has 0 spiro atoms. The van der Waals surface area contributed by atoms with Crippen LogP contribution in [0.2, 0.25) is 0 Å². The smallest absolute Gasteiger partial charge is 0.293 e. The molecule has 6 nitrogen and oxygen atoms in total. The fraction of sp³-hybridized carbons (Fsp3) is 0.500. The summed E-state index contributed by atoms with van der Waals surface area (Å²) in [7, 11) is 0. The first-order chi connectivity index (χ1) is 8.83. The van der Waals surface area contributed by atoms with Gasteiger partial charge in [-0.1, -0.05) is 5.16 Å². The lowest BCUT2D eigenvalue weighted by molar-refractivity contribution is -0.00575. The van der Waals surface area contributed by atoms with Gasteiger partial charge in [-0.2, -0.15) is 4.98 Å². The van der Waals surface area contributed by atoms with Gasteiger partial charge < -0.3 is 13.7 Å². The molecule has 0 bridgehead atoms. The summed E-state index contributed by atoms with van der Waals surface area (Å²) in [6.07, 6.45) is 1.59. The predicted octanol–water partition coefficient (Wildman–Crippen LogP) is 1.55. The monoisotopic (exact) mass is 249 g/mol. The van der Waals surface area contributed by atoms with Crippen LogP contribution in [0.15, 0.2) is 27.3 Å². The summed E-state index contributed by atoms with van der Waals surface area (Å²) in [5, 5.41) is 3.97. The van der Waals surface area contributed by atoms with Crippen molar-refractivity contribution >= 4 is 0 Å². The van der Waals surface area contributed by atoms with E-state index >= 15 is 0 Å². The molecule has 0 amide bonds. The van der Waals surface area contributed by atoms with Crippen LogP contribution in [0.3, 0.4) is 0 Å². The minimum absolute atomic E-state index is 0.379. The molecule has 3 heterocycles. The van der Waals surface area contributed by atoms with Gasteiger partial charge in [0.2, 0.25) is 0 Å². The van der Waals surface area contributed by atoms with E-state index in [9.17, 15) is 0 Å². The Balaban J connectivity index is 1.70. The molecule has 2 aromatic rings. The number of morpholine rings is 1. The zero-order valence-electron chi connectivity index (χ0n) is 10.2. The van der Waals surface area contributed by atoms with Crippen molar-refractivity contribution in [2.45, 2.75) is 19.5 Å². The topological polar surface area (TPSA) is 64.5 Å². The van der Waals surface area contributed by atoms with Gasteiger partial charge in [0.15, 0.2) is 11.6 Å². The van der Waals surface area contributed by atoms with Gasteiger partial charge in [-0.3, -0.25) is 4.90 Å². The SMILES string of the molecule is C[C@@H]1COCCN1Cc1noc(-c2ccco2)n1. The van der Waals surface area contributed by atoms with Crippen LogP contribution in [0.1, 0.15) is 12.7 Å². The lowest BCUT2D eigenvalue weighted by Gasteiger charge is -2.31. The maximum absolute atomic E-state index is 5.39. The van der Waals surface area contributed by atoms with E-state index in [2.05, 4.69) is 22.0 Å². The zero-order chi connectivity index (χ0) is 12.4. The van der Waals surface area contributed by atoms with Crippen molar-refractivity contribution in [3.8, 4) is 11.7 Å². The highest BCUT2D eigenvalue weighted by Crippen LogP contribution is 2.18. The Labute approximate surface area is 105 Å². The van der Waals surface area contributed by atoms with E-state index in [0.29, 0.717) is 30.1 Å². The number of furan rings is 1. The summed E-state index contributed by atoms with van der Waals surface area (Å²) in [4.78, 5) is 6.61. The molecule has 0 radical (unpaired) electrons. The van der Waals surface area contributed by atoms with Crippen LogP contribution in [-0.4, -0.2) is 40.8 Å². The number of aromatic nitrogens is 2. The Bertz CT molecular complexity index is 494. The molecule has 0 aromatic carbocycles. The predicted molar refractivity (Wildman–Crippen MR) is 62.7 cm³/mol. The van der Waals surface area contributed by atoms with E-state index < -0.39 is 0 Å². The van der Waals surface area contributed by atoms with Crippen molar-refractivity contribution < 1.29 is 13.7 Å². The Morgan fingerprint density at radius 1 is 1.50 bits per heavy atom. The van der Waals surface area contributed by atoms with E-state index in [0.717, 1.165) is 19.8 Å². The summed E-state index contributed by atoms with van der Waals surface area (Å²) < 4.78 is 15.8. The third kappa shape index (κ3) is 2.30. The highest BCUT2D eigenvalue weighted by atomic mass is 16.5. The van der Waals surface area contributed by atoms with Gasteiger partial charge in [0.1, 0.15) is 0 Å². The maximum atomic E-state index is 5.39. The van der Waals surface area contributed by atoms with Crippen molar-refractivity contribution in [3.05, 3.63) is 24.2 Å². The van der Waals surface area contributed by atoms with Crippen LogP contribution in [0.25, 0.3) is 11.7 Å². The van der Waals surface area contributed by atoms with Gasteiger partial charge in [0.05, 0.1) is 26.0 Å². The van der Waals surface area contributed by atoms with Gasteiger partial charge in [0.25, 0.3) is 5.89 Å². The fourth-order valence-corrected chi connectivity index (χ4v) is 2.00. The highest BCUT2D eigenvalue weighted by molar-refractivity contribution is 5.42. The van der Waals surface area contributed by atoms with Crippen LogP contribution in [0, 0.1) is 0 Å². The Hall–Kier alpha value is -1.66. The molecule has 0 N–H and O–H groups in total. The summed E-state index contributed by atoms with van der Waals surface area (Å²) in [6.45, 7) is 5.21. The number of nitrogens with zero attached hydrogens (tertiary/aromatic N) is 3. The summed E-state index contributed by atoms with van der Waals surface area (Å²) >= 11 is 0. The summed E-state index contributed by atoms with van der Waals surface area (Å²) in [5.74, 6) is 1.70. The van der Waals surface area contributed by atoms with E-state index in [4.69, 9.17) is 13.7 Å². The lowest BCUT2D eigenvalue weighted by Crippen LogP contribution is -2.43. The van der Waals surface area contributed by atoms with Crippen LogP contribution in [0.4, 0.5) is 0 Å². The van der Waals surface area contributed by atoms with Crippen LogP contribution < -0.4 is 0 Å². The molecule has 18 heavy (non-hydrogen) atoms. The highest BCUT2D eigenvalue weighted by Gasteiger charge is 2.21. The van der Waals surface area contributed by atoms with Crippen molar-refractivity contribution in [3.63, 3.8) is 0 Å². The third-order valence-electron chi connectivity index (χ3n) is 3.05. The van der Waals surface area contributed by atoms with Crippen LogP contribution >= 0.6 is 0 Å². The first-order valence-corrected chi connectivity index (χ1v) is 6.01. The standard InChI is InChI=1S/C12H15N3O3/c1-9-8-16-6-4-15(9)7-11-13-12(18-14-11)10-3-2-5-17-10/h2-3,5,9H,4,6-8H2,1H3/t9-/m1/s1. The average molecular weight is 249 g/mol. The quantitative estimate of drug-likeness (QED) is 0.822. The second-order valence-electron chi connectivity index (χ2n) is 4.39. The molecule has 6 heteroatoms. The first kappa shape index (κ1) is 11.4. The molecular weight excluding hydrogens is 234 g/mol. The van der Waals surface area contributed by atoms with E-state index in [1.807, 2.05) is 0 Å². The molecule has 2 aromatic heterocycles. The second kappa shape index (κ2) is 4.91. The Morgan fingerprint density at radius 2 is 2.44 bits per heavy atom. The van der Waals surface area contributed by atoms with Crippen molar-refractivity contribution in [1.82, 2.24) is 15.0 Å². The fourth-order valence-electron chi connectivity index (χ4n) is 2.00. The van der Waals surface area contributed by atoms with E-state index in [-0.39, 0.29) is 0 Å². The Morgan fingerprint density at radius 3 is 3.22 bits per heavy atom. The van der Waals surface area contributed by atoms with Crippen molar-refractivity contribution in [2.24, 2.45) is 0 Å². The average Bonchev–Trinajstić information content (AvgIpc) is 3.02. The third-order valence-corrected chi connectivity index (χ3v) is 3.05. The van der Waals surface area contributed by atoms with Gasteiger partial charge in [-0.15, -0.1) is 0 Å². The van der Waals surface area contributed by atoms with E-state index in [1.165, 1.54) is 0 Å². The molecule has 3 rings (SSSR count). The van der Waals surface area contributed by atoms with Gasteiger partial charge in [-0.05, 0) is 19.1 Å². The van der Waals surface area contributed by atoms with Gasteiger partial charge >= 0.3 is 0 Å². The van der Waals surface area contributed by atoms with Gasteiger partial charge in [0, 0.05) is 12.6 Å². The molecule has 0 aliphatic carbocycles. The minimum Gasteiger partial charge on any atom is -0.459 e. The molecule has 1 atom stereocenters. The number of rotatable bonds is 3. The molecule has 0 unspecified atom stereocenters. The largest absolute Gasteiger partial charge is 0.459 e. The molecule has 96 valence electrons. The molecule has 1 aliphatic heterocycles. The van der Waals surface area contributed by atoms with Crippen LogP contribution in [-0.2, 0) is 11.3 Å². The van der Waals surface area contributed by atoms with Crippen LogP contribution in [0.5, 0.6) is 0 Å². The summed E-state index contributed by atoms with van der Waals surface area (Å²) in [6, 6.07) is 3.97. The van der Waals surface area contributed by atoms with Gasteiger partial charge in [-0.25, -0.2) is 0 Å². The normalized spacial score (nSPS) is 21.3. The summed E-state index contributed by atoms with van der Waals surface area (Å²) in [5.41, 5.74) is 0. The lowest BCUT2D eigenvalue weighted by atomic mass is 10.2. The second-order valence-corrected chi connectivity index (χ2v) is 4.39. The Kier molecular flexibility index (Phi) is 3.12. The number of hydrogen-bond donors (Lipinski definition) is 0. The maximum Gasteiger partial charge on any atom is 0.293 e.